The number of carbonyl (C=O) groups excluding carboxylic acids is 1. The fourth-order valence-electron chi connectivity index (χ4n) is 1.42. The van der Waals surface area contributed by atoms with Crippen molar-refractivity contribution in [2.24, 2.45) is 5.73 Å². The van der Waals surface area contributed by atoms with E-state index in [1.54, 1.807) is 0 Å². The van der Waals surface area contributed by atoms with Gasteiger partial charge in [-0.1, -0.05) is 0 Å². The number of carbonyl (C=O) groups is 1. The van der Waals surface area contributed by atoms with Gasteiger partial charge in [0.25, 0.3) is 0 Å². The molecule has 1 fully saturated rings. The predicted molar refractivity (Wildman–Crippen MR) is 60.1 cm³/mol. The lowest BCUT2D eigenvalue weighted by Gasteiger charge is -2.14. The molecule has 0 aromatic carbocycles. The first-order valence-corrected chi connectivity index (χ1v) is 6.67. The highest BCUT2D eigenvalue weighted by atomic mass is 31.2. The van der Waals surface area contributed by atoms with Gasteiger partial charge in [-0.25, -0.2) is 4.57 Å². The molecule has 0 spiro atoms. The van der Waals surface area contributed by atoms with Crippen molar-refractivity contribution in [3.05, 3.63) is 12.3 Å². The van der Waals surface area contributed by atoms with Crippen LogP contribution in [-0.4, -0.2) is 57.1 Å². The van der Waals surface area contributed by atoms with Crippen molar-refractivity contribution in [1.82, 2.24) is 5.32 Å². The first-order chi connectivity index (χ1) is 8.70. The molecule has 10 nitrogen and oxygen atoms in total. The zero-order chi connectivity index (χ0) is 14.6. The van der Waals surface area contributed by atoms with Gasteiger partial charge < -0.3 is 35.8 Å². The number of nitrogens with two attached hydrogens (primary N) is 1. The molecule has 0 aromatic rings. The molecule has 0 bridgehead atoms. The third-order valence-electron chi connectivity index (χ3n) is 2.28. The van der Waals surface area contributed by atoms with Crippen LogP contribution < -0.4 is 11.1 Å². The van der Waals surface area contributed by atoms with Gasteiger partial charge in [-0.05, 0) is 0 Å². The highest BCUT2D eigenvalue weighted by Gasteiger charge is 2.43. The second-order valence-corrected chi connectivity index (χ2v) is 5.00. The maximum absolute atomic E-state index is 10.5. The molecular weight excluding hydrogens is 283 g/mol. The summed E-state index contributed by atoms with van der Waals surface area (Å²) in [6.07, 6.45) is -2.84. The SMILES string of the molecule is NC(=O)/C=C\N[C@@H]1O[C@H](COP(=O)(O)O)[C@@H](O)C1O. The van der Waals surface area contributed by atoms with Crippen molar-refractivity contribution in [2.75, 3.05) is 6.61 Å². The molecule has 0 saturated carbocycles. The van der Waals surface area contributed by atoms with Gasteiger partial charge in [-0.15, -0.1) is 0 Å². The van der Waals surface area contributed by atoms with Crippen LogP contribution in [0.2, 0.25) is 0 Å². The monoisotopic (exact) mass is 298 g/mol. The zero-order valence-electron chi connectivity index (χ0n) is 9.62. The van der Waals surface area contributed by atoms with Crippen LogP contribution in [0.3, 0.4) is 0 Å². The smallest absolute Gasteiger partial charge is 0.387 e. The van der Waals surface area contributed by atoms with E-state index in [0.29, 0.717) is 0 Å². The van der Waals surface area contributed by atoms with E-state index in [0.717, 1.165) is 12.3 Å². The molecule has 0 radical (unpaired) electrons. The van der Waals surface area contributed by atoms with Crippen LogP contribution in [0.15, 0.2) is 12.3 Å². The summed E-state index contributed by atoms with van der Waals surface area (Å²) in [6, 6.07) is 0. The van der Waals surface area contributed by atoms with Gasteiger partial charge in [0, 0.05) is 12.3 Å². The van der Waals surface area contributed by atoms with Crippen molar-refractivity contribution >= 4 is 13.7 Å². The number of aliphatic hydroxyl groups excluding tert-OH is 2. The van der Waals surface area contributed by atoms with Crippen molar-refractivity contribution in [3.8, 4) is 0 Å². The molecule has 1 heterocycles. The third kappa shape index (κ3) is 5.25. The van der Waals surface area contributed by atoms with Crippen LogP contribution >= 0.6 is 7.82 Å². The molecule has 4 atom stereocenters. The van der Waals surface area contributed by atoms with Gasteiger partial charge >= 0.3 is 7.82 Å². The fourth-order valence-corrected chi connectivity index (χ4v) is 1.76. The van der Waals surface area contributed by atoms with Gasteiger partial charge in [0.1, 0.15) is 18.3 Å². The van der Waals surface area contributed by atoms with E-state index in [2.05, 4.69) is 9.84 Å². The van der Waals surface area contributed by atoms with Crippen molar-refractivity contribution in [3.63, 3.8) is 0 Å². The largest absolute Gasteiger partial charge is 0.469 e. The number of aliphatic hydroxyl groups is 2. The molecule has 0 aromatic heterocycles. The Balaban J connectivity index is 2.51. The molecular formula is C8H15N2O8P. The summed E-state index contributed by atoms with van der Waals surface area (Å²) in [7, 11) is -4.69. The summed E-state index contributed by atoms with van der Waals surface area (Å²) in [5.41, 5.74) is 4.84. The lowest BCUT2D eigenvalue weighted by Crippen LogP contribution is -2.38. The minimum atomic E-state index is -4.69. The van der Waals surface area contributed by atoms with Gasteiger partial charge in [-0.3, -0.25) is 9.32 Å². The van der Waals surface area contributed by atoms with E-state index in [1.807, 2.05) is 0 Å². The van der Waals surface area contributed by atoms with Crippen molar-refractivity contribution in [1.29, 1.82) is 0 Å². The van der Waals surface area contributed by atoms with Crippen molar-refractivity contribution in [2.45, 2.75) is 24.5 Å². The summed E-state index contributed by atoms with van der Waals surface area (Å²) in [6.45, 7) is -0.597. The minimum absolute atomic E-state index is 0.597. The standard InChI is InChI=1S/C8H15N2O8P/c9-5(11)1-2-10-8-7(13)6(12)4(18-8)3-17-19(14,15)16/h1-2,4,6-8,10,12-13H,3H2,(H2,9,11)(H2,14,15,16)/b2-1-/t4-,6-,7?,8-/m1/s1. The second kappa shape index (κ2) is 6.44. The summed E-state index contributed by atoms with van der Waals surface area (Å²) in [5.74, 6) is -0.720. The molecule has 11 heteroatoms. The first-order valence-electron chi connectivity index (χ1n) is 5.14. The van der Waals surface area contributed by atoms with Crippen LogP contribution in [0.1, 0.15) is 0 Å². The number of hydrogen-bond acceptors (Lipinski definition) is 7. The number of ether oxygens (including phenoxy) is 1. The molecule has 1 unspecified atom stereocenters. The van der Waals surface area contributed by atoms with E-state index in [1.165, 1.54) is 0 Å². The van der Waals surface area contributed by atoms with E-state index >= 15 is 0 Å². The number of rotatable bonds is 6. The average Bonchev–Trinajstić information content (AvgIpc) is 2.53. The number of nitrogens with one attached hydrogen (secondary N) is 1. The Morgan fingerprint density at radius 3 is 2.58 bits per heavy atom. The maximum atomic E-state index is 10.5. The molecule has 1 rings (SSSR count). The lowest BCUT2D eigenvalue weighted by molar-refractivity contribution is -0.113. The second-order valence-electron chi connectivity index (χ2n) is 3.77. The van der Waals surface area contributed by atoms with Crippen LogP contribution in [0.25, 0.3) is 0 Å². The number of primary amides is 1. The highest BCUT2D eigenvalue weighted by Crippen LogP contribution is 2.37. The zero-order valence-corrected chi connectivity index (χ0v) is 10.5. The molecule has 1 saturated heterocycles. The van der Waals surface area contributed by atoms with E-state index in [-0.39, 0.29) is 0 Å². The van der Waals surface area contributed by atoms with E-state index in [9.17, 15) is 19.6 Å². The highest BCUT2D eigenvalue weighted by molar-refractivity contribution is 7.46. The third-order valence-corrected chi connectivity index (χ3v) is 2.76. The molecule has 1 aliphatic heterocycles. The molecule has 0 aliphatic carbocycles. The normalized spacial score (nSPS) is 31.8. The number of phosphoric ester groups is 1. The summed E-state index contributed by atoms with van der Waals surface area (Å²) in [5, 5.41) is 21.6. The molecule has 7 N–H and O–H groups in total. The number of phosphoric acid groups is 1. The first kappa shape index (κ1) is 16.1. The quantitative estimate of drug-likeness (QED) is 0.222. The fraction of sp³-hybridized carbons (Fsp3) is 0.625. The van der Waals surface area contributed by atoms with Crippen LogP contribution in [0, 0.1) is 0 Å². The number of hydrogen-bond donors (Lipinski definition) is 6. The van der Waals surface area contributed by atoms with E-state index < -0.39 is 44.9 Å². The van der Waals surface area contributed by atoms with Gasteiger partial charge in [0.15, 0.2) is 6.23 Å². The van der Waals surface area contributed by atoms with Crippen molar-refractivity contribution < 1.29 is 38.6 Å². The van der Waals surface area contributed by atoms with Gasteiger partial charge in [-0.2, -0.15) is 0 Å². The summed E-state index contributed by atoms with van der Waals surface area (Å²) >= 11 is 0. The Kier molecular flexibility index (Phi) is 5.44. The topological polar surface area (TPSA) is 172 Å². The van der Waals surface area contributed by atoms with Crippen LogP contribution in [0.5, 0.6) is 0 Å². The molecule has 19 heavy (non-hydrogen) atoms. The minimum Gasteiger partial charge on any atom is -0.387 e. The molecule has 110 valence electrons. The predicted octanol–water partition coefficient (Wildman–Crippen LogP) is -2.87. The van der Waals surface area contributed by atoms with Crippen LogP contribution in [0.4, 0.5) is 0 Å². The summed E-state index contributed by atoms with van der Waals surface area (Å²) in [4.78, 5) is 27.5. The Labute approximate surface area is 108 Å². The van der Waals surface area contributed by atoms with Crippen LogP contribution in [-0.2, 0) is 18.6 Å². The number of amides is 1. The lowest BCUT2D eigenvalue weighted by atomic mass is 10.1. The molecule has 1 amide bonds. The molecule has 1 aliphatic rings. The van der Waals surface area contributed by atoms with Gasteiger partial charge in [0.2, 0.25) is 5.91 Å². The summed E-state index contributed by atoms with van der Waals surface area (Å²) < 4.78 is 19.8. The van der Waals surface area contributed by atoms with E-state index in [4.69, 9.17) is 20.3 Å². The Morgan fingerprint density at radius 1 is 1.42 bits per heavy atom. The Morgan fingerprint density at radius 2 is 2.05 bits per heavy atom. The van der Waals surface area contributed by atoms with Gasteiger partial charge in [0.05, 0.1) is 6.61 Å². The average molecular weight is 298 g/mol. The Bertz CT molecular complexity index is 396. The Hall–Kier alpha value is -1.00. The maximum Gasteiger partial charge on any atom is 0.469 e.